The van der Waals surface area contributed by atoms with Gasteiger partial charge in [-0.1, -0.05) is 6.92 Å². The Labute approximate surface area is 104 Å². The Morgan fingerprint density at radius 2 is 2.24 bits per heavy atom. The average Bonchev–Trinajstić information content (AvgIpc) is 2.33. The highest BCUT2D eigenvalue weighted by atomic mass is 35.5. The number of pyridine rings is 1. The SMILES string of the molecule is CCC[n+]1ccc2cc(C#N)c(O)cc2c1Cl. The molecule has 1 N–H and O–H groups in total. The number of nitrogens with zero attached hydrogens (tertiary/aromatic N) is 2. The Morgan fingerprint density at radius 3 is 2.88 bits per heavy atom. The molecule has 0 amide bonds. The first-order chi connectivity index (χ1) is 8.17. The maximum absolute atomic E-state index is 9.66. The molecule has 0 aliphatic rings. The van der Waals surface area contributed by atoms with Gasteiger partial charge in [-0.3, -0.25) is 0 Å². The summed E-state index contributed by atoms with van der Waals surface area (Å²) in [5.74, 6) is -0.0313. The second-order valence-electron chi connectivity index (χ2n) is 3.87. The molecule has 0 aliphatic heterocycles. The Hall–Kier alpha value is -1.79. The minimum absolute atomic E-state index is 0.0313. The molecule has 17 heavy (non-hydrogen) atoms. The average molecular weight is 248 g/mol. The topological polar surface area (TPSA) is 47.9 Å². The maximum Gasteiger partial charge on any atom is 0.282 e. The van der Waals surface area contributed by atoms with Crippen molar-refractivity contribution < 1.29 is 9.67 Å². The summed E-state index contributed by atoms with van der Waals surface area (Å²) in [6.45, 7) is 2.90. The van der Waals surface area contributed by atoms with Gasteiger partial charge in [0, 0.05) is 12.5 Å². The van der Waals surface area contributed by atoms with Crippen LogP contribution in [-0.4, -0.2) is 5.11 Å². The molecule has 2 aromatic rings. The molecular formula is C13H12ClN2O+. The number of halogens is 1. The molecule has 4 heteroatoms. The number of hydrogen-bond acceptors (Lipinski definition) is 2. The highest BCUT2D eigenvalue weighted by Crippen LogP contribution is 2.27. The van der Waals surface area contributed by atoms with Crippen LogP contribution in [0.4, 0.5) is 0 Å². The van der Waals surface area contributed by atoms with E-state index in [2.05, 4.69) is 6.92 Å². The van der Waals surface area contributed by atoms with E-state index in [0.717, 1.165) is 23.7 Å². The molecule has 3 nitrogen and oxygen atoms in total. The van der Waals surface area contributed by atoms with Crippen molar-refractivity contribution in [3.63, 3.8) is 0 Å². The van der Waals surface area contributed by atoms with E-state index < -0.39 is 0 Å². The molecule has 0 atom stereocenters. The van der Waals surface area contributed by atoms with Crippen LogP contribution in [0.3, 0.4) is 0 Å². The number of hydrogen-bond donors (Lipinski definition) is 1. The van der Waals surface area contributed by atoms with Crippen molar-refractivity contribution in [2.24, 2.45) is 0 Å². The number of nitriles is 1. The molecule has 1 aromatic heterocycles. The molecule has 86 valence electrons. The van der Waals surface area contributed by atoms with Crippen LogP contribution in [0.15, 0.2) is 24.4 Å². The Kier molecular flexibility index (Phi) is 3.16. The van der Waals surface area contributed by atoms with E-state index in [1.54, 1.807) is 12.1 Å². The van der Waals surface area contributed by atoms with Crippen LogP contribution in [0, 0.1) is 11.3 Å². The van der Waals surface area contributed by atoms with E-state index in [9.17, 15) is 5.11 Å². The van der Waals surface area contributed by atoms with Crippen LogP contribution in [0.5, 0.6) is 5.75 Å². The van der Waals surface area contributed by atoms with Gasteiger partial charge in [0.25, 0.3) is 5.15 Å². The third kappa shape index (κ3) is 2.04. The summed E-state index contributed by atoms with van der Waals surface area (Å²) in [6.07, 6.45) is 2.88. The van der Waals surface area contributed by atoms with Gasteiger partial charge in [-0.2, -0.15) is 9.83 Å². The first-order valence-corrected chi connectivity index (χ1v) is 5.80. The zero-order valence-electron chi connectivity index (χ0n) is 9.44. The number of aromatic nitrogens is 1. The van der Waals surface area contributed by atoms with Gasteiger partial charge < -0.3 is 5.11 Å². The highest BCUT2D eigenvalue weighted by molar-refractivity contribution is 6.33. The van der Waals surface area contributed by atoms with Crippen molar-refractivity contribution in [3.05, 3.63) is 35.1 Å². The van der Waals surface area contributed by atoms with Crippen molar-refractivity contribution in [1.82, 2.24) is 0 Å². The molecule has 0 saturated carbocycles. The first-order valence-electron chi connectivity index (χ1n) is 5.42. The molecule has 1 heterocycles. The number of aromatic hydroxyl groups is 1. The number of benzene rings is 1. The monoisotopic (exact) mass is 247 g/mol. The van der Waals surface area contributed by atoms with Crippen molar-refractivity contribution in [1.29, 1.82) is 5.26 Å². The smallest absolute Gasteiger partial charge is 0.282 e. The van der Waals surface area contributed by atoms with E-state index in [4.69, 9.17) is 16.9 Å². The minimum atomic E-state index is -0.0313. The van der Waals surface area contributed by atoms with E-state index in [1.165, 1.54) is 0 Å². The van der Waals surface area contributed by atoms with E-state index in [1.807, 2.05) is 22.9 Å². The van der Waals surface area contributed by atoms with Gasteiger partial charge >= 0.3 is 0 Å². The fraction of sp³-hybridized carbons (Fsp3) is 0.231. The van der Waals surface area contributed by atoms with Crippen molar-refractivity contribution in [3.8, 4) is 11.8 Å². The number of fused-ring (bicyclic) bond motifs is 1. The zero-order valence-corrected chi connectivity index (χ0v) is 10.2. The van der Waals surface area contributed by atoms with Crippen molar-refractivity contribution >= 4 is 22.4 Å². The summed E-state index contributed by atoms with van der Waals surface area (Å²) >= 11 is 6.26. The third-order valence-electron chi connectivity index (χ3n) is 2.66. The Balaban J connectivity index is 2.70. The van der Waals surface area contributed by atoms with Crippen LogP contribution >= 0.6 is 11.6 Å². The number of aryl methyl sites for hydroxylation is 1. The second kappa shape index (κ2) is 4.60. The summed E-state index contributed by atoms with van der Waals surface area (Å²) < 4.78 is 1.93. The predicted molar refractivity (Wildman–Crippen MR) is 65.8 cm³/mol. The van der Waals surface area contributed by atoms with Crippen LogP contribution in [0.1, 0.15) is 18.9 Å². The lowest BCUT2D eigenvalue weighted by atomic mass is 10.1. The largest absolute Gasteiger partial charge is 0.507 e. The maximum atomic E-state index is 9.66. The van der Waals surface area contributed by atoms with Crippen LogP contribution < -0.4 is 4.57 Å². The van der Waals surface area contributed by atoms with Crippen molar-refractivity contribution in [2.45, 2.75) is 19.9 Å². The van der Waals surface area contributed by atoms with Crippen LogP contribution in [0.25, 0.3) is 10.8 Å². The normalized spacial score (nSPS) is 10.4. The molecular weight excluding hydrogens is 236 g/mol. The van der Waals surface area contributed by atoms with E-state index in [0.29, 0.717) is 5.15 Å². The lowest BCUT2D eigenvalue weighted by molar-refractivity contribution is -0.693. The van der Waals surface area contributed by atoms with Crippen molar-refractivity contribution in [2.75, 3.05) is 0 Å². The summed E-state index contributed by atoms with van der Waals surface area (Å²) in [5.41, 5.74) is 0.266. The van der Waals surface area contributed by atoms with Gasteiger partial charge in [-0.25, -0.2) is 0 Å². The van der Waals surface area contributed by atoms with Gasteiger partial charge in [0.05, 0.1) is 10.9 Å². The lowest BCUT2D eigenvalue weighted by Crippen LogP contribution is -2.34. The molecule has 0 radical (unpaired) electrons. The quantitative estimate of drug-likeness (QED) is 0.655. The summed E-state index contributed by atoms with van der Waals surface area (Å²) in [6, 6.07) is 7.04. The van der Waals surface area contributed by atoms with Crippen LogP contribution in [0.2, 0.25) is 5.15 Å². The Bertz CT molecular complexity index is 617. The molecule has 0 aliphatic carbocycles. The number of rotatable bonds is 2. The molecule has 2 rings (SSSR count). The lowest BCUT2D eigenvalue weighted by Gasteiger charge is -2.03. The standard InChI is InChI=1S/C13H11ClN2O/c1-2-4-16-5-3-9-6-10(8-15)12(17)7-11(9)13(16)14/h3,5-7H,2,4H2,1H3/p+1. The van der Waals surface area contributed by atoms with Gasteiger partial charge in [-0.15, -0.1) is 0 Å². The zero-order chi connectivity index (χ0) is 12.4. The van der Waals surface area contributed by atoms with Gasteiger partial charge in [0.2, 0.25) is 0 Å². The third-order valence-corrected chi connectivity index (χ3v) is 3.08. The van der Waals surface area contributed by atoms with E-state index >= 15 is 0 Å². The Morgan fingerprint density at radius 1 is 1.47 bits per heavy atom. The summed E-state index contributed by atoms with van der Waals surface area (Å²) in [4.78, 5) is 0. The predicted octanol–water partition coefficient (Wildman–Crippen LogP) is 2.77. The fourth-order valence-corrected chi connectivity index (χ4v) is 2.12. The summed E-state index contributed by atoms with van der Waals surface area (Å²) in [7, 11) is 0. The highest BCUT2D eigenvalue weighted by Gasteiger charge is 2.14. The van der Waals surface area contributed by atoms with Gasteiger partial charge in [-0.05, 0) is 29.1 Å². The number of phenolic OH excluding ortho intramolecular Hbond substituents is 1. The molecule has 0 unspecified atom stereocenters. The fourth-order valence-electron chi connectivity index (χ4n) is 1.82. The van der Waals surface area contributed by atoms with E-state index in [-0.39, 0.29) is 11.3 Å². The molecule has 0 spiro atoms. The van der Waals surface area contributed by atoms with Crippen LogP contribution in [-0.2, 0) is 6.54 Å². The molecule has 0 bridgehead atoms. The minimum Gasteiger partial charge on any atom is -0.507 e. The van der Waals surface area contributed by atoms with Gasteiger partial charge in [0.1, 0.15) is 18.4 Å². The molecule has 1 aromatic carbocycles. The van der Waals surface area contributed by atoms with Gasteiger partial charge in [0.15, 0.2) is 6.20 Å². The summed E-state index contributed by atoms with van der Waals surface area (Å²) in [5, 5.41) is 20.7. The first kappa shape index (κ1) is 11.7. The second-order valence-corrected chi connectivity index (χ2v) is 4.23. The number of phenols is 1. The molecule has 0 saturated heterocycles. The molecule has 0 fully saturated rings.